The lowest BCUT2D eigenvalue weighted by molar-refractivity contribution is -0.149. The van der Waals surface area contributed by atoms with Crippen LogP contribution in [0.2, 0.25) is 0 Å². The van der Waals surface area contributed by atoms with E-state index in [1.165, 1.54) is 26.1 Å². The zero-order valence-corrected chi connectivity index (χ0v) is 21.7. The van der Waals surface area contributed by atoms with Crippen LogP contribution < -0.4 is 21.0 Å². The minimum atomic E-state index is -4.25. The number of para-hydroxylation sites is 1. The minimum Gasteiger partial charge on any atom is -0.462 e. The fraction of sp³-hybridized carbons (Fsp3) is 0.478. The smallest absolute Gasteiger partial charge is 0.459 e. The van der Waals surface area contributed by atoms with Crippen LogP contribution >= 0.6 is 7.75 Å². The second kappa shape index (κ2) is 11.4. The molecule has 0 bridgehead atoms. The average Bonchev–Trinajstić information content (AvgIpc) is 3.08. The molecule has 6 atom stereocenters. The maximum atomic E-state index is 13.7. The molecule has 0 saturated carbocycles. The summed E-state index contributed by atoms with van der Waals surface area (Å²) in [6.45, 7) is 13.3. The molecule has 14 heteroatoms. The summed E-state index contributed by atoms with van der Waals surface area (Å²) in [4.78, 5) is 31.8. The molecule has 200 valence electrons. The summed E-state index contributed by atoms with van der Waals surface area (Å²) < 4.78 is 36.9. The van der Waals surface area contributed by atoms with Gasteiger partial charge in [0.2, 0.25) is 6.23 Å². The quantitative estimate of drug-likeness (QED) is 0.231. The molecule has 1 saturated heterocycles. The molecule has 0 spiro atoms. The summed E-state index contributed by atoms with van der Waals surface area (Å²) in [5.41, 5.74) is 3.17. The third kappa shape index (κ3) is 6.54. The molecule has 1 aliphatic heterocycles. The van der Waals surface area contributed by atoms with E-state index in [9.17, 15) is 19.3 Å². The number of nitrogens with two attached hydrogens (primary N) is 1. The highest BCUT2D eigenvalue weighted by Crippen LogP contribution is 2.47. The van der Waals surface area contributed by atoms with Gasteiger partial charge in [-0.3, -0.25) is 13.9 Å². The third-order valence-electron chi connectivity index (χ3n) is 5.53. The first-order chi connectivity index (χ1) is 17.4. The van der Waals surface area contributed by atoms with Crippen molar-refractivity contribution < 1.29 is 33.0 Å². The number of nitrogens with zero attached hydrogens (tertiary/aromatic N) is 3. The SMILES string of the molecule is [C-]#[N+][C@@]1(C)C(n2ccc(N)nc2=O)O[C@H](COP(=O)(N[C@@H](C)C(=O)OC(C)C)Oc2ccccc2)[C@H]1O. The van der Waals surface area contributed by atoms with E-state index in [1.54, 1.807) is 44.2 Å². The van der Waals surface area contributed by atoms with Crippen LogP contribution in [0.3, 0.4) is 0 Å². The monoisotopic (exact) mass is 535 g/mol. The Labute approximate surface area is 213 Å². The van der Waals surface area contributed by atoms with Crippen LogP contribution in [0.5, 0.6) is 5.75 Å². The summed E-state index contributed by atoms with van der Waals surface area (Å²) in [5, 5.41) is 13.5. The lowest BCUT2D eigenvalue weighted by atomic mass is 9.93. The van der Waals surface area contributed by atoms with Crippen molar-refractivity contribution in [3.8, 4) is 5.75 Å². The Balaban J connectivity index is 1.83. The van der Waals surface area contributed by atoms with E-state index in [0.717, 1.165) is 4.57 Å². The van der Waals surface area contributed by atoms with Crippen molar-refractivity contribution in [2.24, 2.45) is 0 Å². The summed E-state index contributed by atoms with van der Waals surface area (Å²) in [6.07, 6.45) is -2.98. The number of nitrogen functional groups attached to an aromatic ring is 1. The molecule has 2 aromatic rings. The molecule has 2 unspecified atom stereocenters. The molecule has 3 rings (SSSR count). The van der Waals surface area contributed by atoms with Gasteiger partial charge in [-0.1, -0.05) is 18.2 Å². The number of hydrogen-bond donors (Lipinski definition) is 3. The van der Waals surface area contributed by atoms with Crippen LogP contribution in [0, 0.1) is 6.57 Å². The predicted octanol–water partition coefficient (Wildman–Crippen LogP) is 1.90. The second-order valence-corrected chi connectivity index (χ2v) is 10.6. The molecule has 0 amide bonds. The van der Waals surface area contributed by atoms with Crippen LogP contribution in [0.25, 0.3) is 4.85 Å². The molecular formula is C23H30N5O8P. The molecule has 1 aromatic carbocycles. The maximum absolute atomic E-state index is 13.7. The van der Waals surface area contributed by atoms with Crippen molar-refractivity contribution in [1.29, 1.82) is 0 Å². The number of aliphatic hydroxyl groups excluding tert-OH is 1. The van der Waals surface area contributed by atoms with E-state index in [2.05, 4.69) is 14.9 Å². The molecule has 37 heavy (non-hydrogen) atoms. The Morgan fingerprint density at radius 2 is 2.03 bits per heavy atom. The highest BCUT2D eigenvalue weighted by molar-refractivity contribution is 7.52. The Hall–Kier alpha value is -3.27. The number of anilines is 1. The Bertz CT molecular complexity index is 1250. The van der Waals surface area contributed by atoms with Gasteiger partial charge in [0.25, 0.3) is 0 Å². The largest absolute Gasteiger partial charge is 0.462 e. The molecule has 1 fully saturated rings. The van der Waals surface area contributed by atoms with Gasteiger partial charge in [0, 0.05) is 13.1 Å². The molecular weight excluding hydrogens is 505 g/mol. The number of hydrogen-bond acceptors (Lipinski definition) is 10. The Morgan fingerprint density at radius 1 is 1.35 bits per heavy atom. The van der Waals surface area contributed by atoms with Crippen molar-refractivity contribution in [1.82, 2.24) is 14.6 Å². The highest BCUT2D eigenvalue weighted by Gasteiger charge is 2.61. The van der Waals surface area contributed by atoms with E-state index >= 15 is 0 Å². The van der Waals surface area contributed by atoms with Crippen LogP contribution in [-0.2, 0) is 23.4 Å². The van der Waals surface area contributed by atoms with Crippen LogP contribution in [0.1, 0.15) is 33.9 Å². The number of carbonyl (C=O) groups is 1. The molecule has 0 radical (unpaired) electrons. The number of nitrogens with one attached hydrogen (secondary N) is 1. The molecule has 2 heterocycles. The van der Waals surface area contributed by atoms with E-state index < -0.39 is 62.1 Å². The second-order valence-electron chi connectivity index (χ2n) is 8.89. The number of benzene rings is 1. The first-order valence-electron chi connectivity index (χ1n) is 11.4. The normalized spacial score (nSPS) is 25.7. The highest BCUT2D eigenvalue weighted by atomic mass is 31.2. The first-order valence-corrected chi connectivity index (χ1v) is 13.0. The number of esters is 1. The number of aromatic nitrogens is 2. The van der Waals surface area contributed by atoms with Gasteiger partial charge in [0.15, 0.2) is 6.10 Å². The summed E-state index contributed by atoms with van der Waals surface area (Å²) >= 11 is 0. The van der Waals surface area contributed by atoms with Gasteiger partial charge in [-0.25, -0.2) is 15.9 Å². The van der Waals surface area contributed by atoms with Gasteiger partial charge < -0.3 is 29.7 Å². The fourth-order valence-electron chi connectivity index (χ4n) is 3.61. The van der Waals surface area contributed by atoms with Gasteiger partial charge in [0.1, 0.15) is 23.7 Å². The summed E-state index contributed by atoms with van der Waals surface area (Å²) in [5.74, 6) is -0.498. The van der Waals surface area contributed by atoms with Crippen molar-refractivity contribution in [3.05, 3.63) is 64.5 Å². The van der Waals surface area contributed by atoms with Crippen LogP contribution in [0.4, 0.5) is 5.82 Å². The number of aliphatic hydroxyl groups is 1. The van der Waals surface area contributed by atoms with Gasteiger partial charge in [-0.05, 0) is 39.0 Å². The predicted molar refractivity (Wildman–Crippen MR) is 132 cm³/mol. The van der Waals surface area contributed by atoms with Crippen molar-refractivity contribution >= 4 is 19.5 Å². The molecule has 1 aliphatic rings. The maximum Gasteiger partial charge on any atom is 0.459 e. The van der Waals surface area contributed by atoms with Crippen molar-refractivity contribution in [2.75, 3.05) is 12.3 Å². The van der Waals surface area contributed by atoms with Gasteiger partial charge in [0.05, 0.1) is 12.7 Å². The van der Waals surface area contributed by atoms with Gasteiger partial charge in [-0.15, -0.1) is 0 Å². The number of carbonyl (C=O) groups excluding carboxylic acids is 1. The average molecular weight is 535 g/mol. The standard InChI is InChI=1S/C23H30N5O8P/c1-14(2)34-20(30)15(3)27-37(32,36-16-9-7-6-8-10-16)33-13-17-19(29)23(4,25-5)21(35-17)28-12-11-18(24)26-22(28)31/h6-12,14-15,17,19,21,29H,13H2,1-4H3,(H,27,32)(H2,24,26,31)/t15-,17+,19+,21?,23+,37?/m0/s1. The topological polar surface area (TPSA) is 169 Å². The fourth-order valence-corrected chi connectivity index (χ4v) is 5.11. The lowest BCUT2D eigenvalue weighted by Crippen LogP contribution is -2.44. The van der Waals surface area contributed by atoms with E-state index in [4.69, 9.17) is 30.8 Å². The summed E-state index contributed by atoms with van der Waals surface area (Å²) in [7, 11) is -4.25. The van der Waals surface area contributed by atoms with Gasteiger partial charge in [-0.2, -0.15) is 10.1 Å². The number of ether oxygens (including phenoxy) is 2. The first kappa shape index (κ1) is 28.3. The van der Waals surface area contributed by atoms with Crippen LogP contribution in [0.15, 0.2) is 47.4 Å². The molecule has 1 aromatic heterocycles. The van der Waals surface area contributed by atoms with E-state index in [-0.39, 0.29) is 11.6 Å². The Morgan fingerprint density at radius 3 is 2.62 bits per heavy atom. The molecule has 0 aliphatic carbocycles. The van der Waals surface area contributed by atoms with Gasteiger partial charge >= 0.3 is 24.9 Å². The van der Waals surface area contributed by atoms with E-state index in [0.29, 0.717) is 0 Å². The lowest BCUT2D eigenvalue weighted by Gasteiger charge is -2.25. The minimum absolute atomic E-state index is 0.0145. The Kier molecular flexibility index (Phi) is 8.73. The molecule has 4 N–H and O–H groups in total. The summed E-state index contributed by atoms with van der Waals surface area (Å²) in [6, 6.07) is 8.41. The number of rotatable bonds is 10. The van der Waals surface area contributed by atoms with Crippen LogP contribution in [-0.4, -0.2) is 57.1 Å². The van der Waals surface area contributed by atoms with Crippen molar-refractivity contribution in [2.45, 2.75) is 63.8 Å². The van der Waals surface area contributed by atoms with E-state index in [1.807, 2.05) is 0 Å². The van der Waals surface area contributed by atoms with Crippen molar-refractivity contribution in [3.63, 3.8) is 0 Å². The third-order valence-corrected chi connectivity index (χ3v) is 7.18. The zero-order chi connectivity index (χ0) is 27.4. The zero-order valence-electron chi connectivity index (χ0n) is 20.8. The molecule has 13 nitrogen and oxygen atoms in total.